The second kappa shape index (κ2) is 9.93. The molecule has 9 nitrogen and oxygen atoms in total. The van der Waals surface area contributed by atoms with E-state index in [9.17, 15) is 4.79 Å². The average Bonchev–Trinajstić information content (AvgIpc) is 3.11. The standard InChI is InChI=1S/C24H35N5O4/c1-7-31-14-18-28-19-20(16-10-8-9-11-17(16)27-21(19)25)29(18)15-24(5,6)32-13-12-26-22(30)33-23(2,3)4/h8-11H,7,12-15H2,1-6H3,(H2,25,27)(H,26,30)/i/hT. The molecule has 0 radical (unpaired) electrons. The van der Waals surface area contributed by atoms with Crippen LogP contribution < -0.4 is 11.0 Å². The van der Waals surface area contributed by atoms with Gasteiger partial charge in [-0.2, -0.15) is 0 Å². The minimum Gasteiger partial charge on any atom is -0.444 e. The van der Waals surface area contributed by atoms with Crippen LogP contribution in [0.25, 0.3) is 21.9 Å². The molecule has 33 heavy (non-hydrogen) atoms. The van der Waals surface area contributed by atoms with E-state index in [0.29, 0.717) is 44.2 Å². The van der Waals surface area contributed by atoms with Gasteiger partial charge in [0.2, 0.25) is 0 Å². The fourth-order valence-corrected chi connectivity index (χ4v) is 3.58. The Labute approximate surface area is 196 Å². The van der Waals surface area contributed by atoms with Crippen LogP contribution in [-0.4, -0.2) is 51.6 Å². The molecule has 0 aliphatic heterocycles. The second-order valence-corrected chi connectivity index (χ2v) is 9.46. The number of anilines is 1. The minimum absolute atomic E-state index is 0.321. The molecular formula is C24H35N5O4. The van der Waals surface area contributed by atoms with Gasteiger partial charge < -0.3 is 29.8 Å². The number of rotatable bonds is 10. The molecule has 0 saturated carbocycles. The van der Waals surface area contributed by atoms with Crippen LogP contribution in [0, 0.1) is 0 Å². The van der Waals surface area contributed by atoms with Crippen molar-refractivity contribution in [1.82, 2.24) is 19.9 Å². The number of nitrogen functional groups attached to an aromatic ring is 1. The number of pyridine rings is 1. The predicted octanol–water partition coefficient (Wildman–Crippen LogP) is 4.02. The maximum Gasteiger partial charge on any atom is 0.407 e. The highest BCUT2D eigenvalue weighted by molar-refractivity contribution is 6.06. The van der Waals surface area contributed by atoms with Crippen molar-refractivity contribution >= 4 is 33.8 Å². The van der Waals surface area contributed by atoms with Gasteiger partial charge in [-0.3, -0.25) is 0 Å². The third kappa shape index (κ3) is 6.33. The fourth-order valence-electron chi connectivity index (χ4n) is 3.58. The summed E-state index contributed by atoms with van der Waals surface area (Å²) in [6.07, 6.45) is -0.470. The van der Waals surface area contributed by atoms with Gasteiger partial charge in [-0.25, -0.2) is 14.8 Å². The Morgan fingerprint density at radius 2 is 1.97 bits per heavy atom. The van der Waals surface area contributed by atoms with Crippen LogP contribution in [0.1, 0.15) is 47.4 Å². The molecule has 0 fully saturated rings. The lowest BCUT2D eigenvalue weighted by atomic mass is 10.1. The number of fused-ring (bicyclic) bond motifs is 3. The molecule has 3 N–H and O–H groups in total. The number of alkyl carbamates (subject to hydrolysis) is 1. The number of nitrogens with zero attached hydrogens (tertiary/aromatic N) is 3. The number of amides is 1. The molecule has 3 rings (SSSR count). The zero-order valence-corrected chi connectivity index (χ0v) is 20.3. The summed E-state index contributed by atoms with van der Waals surface area (Å²) in [5, 5.41) is 3.66. The number of nitrogens with two attached hydrogens (primary N) is 1. The van der Waals surface area contributed by atoms with E-state index in [1.54, 1.807) is 0 Å². The largest absolute Gasteiger partial charge is 0.444 e. The predicted molar refractivity (Wildman–Crippen MR) is 129 cm³/mol. The van der Waals surface area contributed by atoms with Gasteiger partial charge >= 0.3 is 6.09 Å². The van der Waals surface area contributed by atoms with Crippen molar-refractivity contribution < 1.29 is 20.4 Å². The molecule has 2 heterocycles. The summed E-state index contributed by atoms with van der Waals surface area (Å²) in [5.74, 6) is 1.13. The molecule has 2 aromatic heterocycles. The Morgan fingerprint density at radius 1 is 1.21 bits per heavy atom. The van der Waals surface area contributed by atoms with Gasteiger partial charge in [0.25, 0.3) is 0 Å². The molecule has 180 valence electrons. The lowest BCUT2D eigenvalue weighted by molar-refractivity contribution is -0.0291. The van der Waals surface area contributed by atoms with E-state index in [1.807, 2.05) is 65.8 Å². The summed E-state index contributed by atoms with van der Waals surface area (Å²) in [7, 11) is 0. The number of ether oxygens (including phenoxy) is 3. The summed E-state index contributed by atoms with van der Waals surface area (Å²) in [6.45, 7) is 13.4. The van der Waals surface area contributed by atoms with E-state index in [1.165, 1.54) is 0 Å². The monoisotopic (exact) mass is 459 g/mol. The number of para-hydroxylation sites is 1. The van der Waals surface area contributed by atoms with Gasteiger partial charge in [0.1, 0.15) is 23.5 Å². The average molecular weight is 460 g/mol. The fraction of sp³-hybridized carbons (Fsp3) is 0.542. The number of benzene rings is 1. The number of aromatic nitrogens is 3. The Balaban J connectivity index is 1.85. The smallest absolute Gasteiger partial charge is 0.407 e. The minimum atomic E-state index is -0.580. The van der Waals surface area contributed by atoms with Gasteiger partial charge in [0.05, 0.1) is 29.8 Å². The first-order valence-corrected chi connectivity index (χ1v) is 11.2. The quantitative estimate of drug-likeness (QED) is 0.440. The SMILES string of the molecule is [3H]Nc1nc2ccccc2c2c1nc(COCC)n2CC(C)(C)OCCNC(=O)OC(C)(C)C. The Bertz CT molecular complexity index is 1140. The van der Waals surface area contributed by atoms with E-state index < -0.39 is 17.3 Å². The van der Waals surface area contributed by atoms with Crippen molar-refractivity contribution in [2.75, 3.05) is 25.5 Å². The molecule has 0 bridgehead atoms. The van der Waals surface area contributed by atoms with Crippen molar-refractivity contribution in [3.63, 3.8) is 0 Å². The van der Waals surface area contributed by atoms with Crippen LogP contribution in [0.3, 0.4) is 0 Å². The van der Waals surface area contributed by atoms with Gasteiger partial charge in [-0.05, 0) is 47.6 Å². The normalized spacial score (nSPS) is 12.7. The Morgan fingerprint density at radius 3 is 2.67 bits per heavy atom. The molecule has 0 spiro atoms. The van der Waals surface area contributed by atoms with Crippen LogP contribution in [0.2, 0.25) is 1.41 Å². The first-order valence-electron chi connectivity index (χ1n) is 11.7. The lowest BCUT2D eigenvalue weighted by Crippen LogP contribution is -2.37. The number of carbonyl (C=O) groups is 1. The van der Waals surface area contributed by atoms with Crippen molar-refractivity contribution in [2.24, 2.45) is 0 Å². The van der Waals surface area contributed by atoms with Gasteiger partial charge in [0.15, 0.2) is 7.23 Å². The van der Waals surface area contributed by atoms with E-state index in [4.69, 9.17) is 20.6 Å². The second-order valence-electron chi connectivity index (χ2n) is 9.46. The third-order valence-corrected chi connectivity index (χ3v) is 4.90. The molecule has 0 saturated heterocycles. The molecular weight excluding hydrogens is 422 g/mol. The highest BCUT2D eigenvalue weighted by Gasteiger charge is 2.25. The van der Waals surface area contributed by atoms with Gasteiger partial charge in [0, 0.05) is 18.5 Å². The highest BCUT2D eigenvalue weighted by atomic mass is 16.6. The summed E-state index contributed by atoms with van der Waals surface area (Å²) in [6, 6.07) is 7.79. The maximum absolute atomic E-state index is 11.9. The molecule has 1 amide bonds. The van der Waals surface area contributed by atoms with Crippen LogP contribution >= 0.6 is 0 Å². The van der Waals surface area contributed by atoms with Crippen molar-refractivity contribution in [3.05, 3.63) is 30.1 Å². The van der Waals surface area contributed by atoms with Crippen molar-refractivity contribution in [2.45, 2.75) is 65.9 Å². The zero-order valence-electron chi connectivity index (χ0n) is 21.3. The molecule has 0 atom stereocenters. The van der Waals surface area contributed by atoms with E-state index in [2.05, 4.69) is 20.6 Å². The molecule has 1 aromatic carbocycles. The molecule has 0 unspecified atom stereocenters. The molecule has 3 aromatic rings. The van der Waals surface area contributed by atoms with Crippen LogP contribution in [-0.2, 0) is 27.4 Å². The van der Waals surface area contributed by atoms with Crippen molar-refractivity contribution in [3.8, 4) is 0 Å². The molecule has 0 aliphatic rings. The highest BCUT2D eigenvalue weighted by Crippen LogP contribution is 2.30. The number of imidazole rings is 1. The van der Waals surface area contributed by atoms with E-state index in [-0.39, 0.29) is 0 Å². The van der Waals surface area contributed by atoms with E-state index >= 15 is 0 Å². The lowest BCUT2D eigenvalue weighted by Gasteiger charge is -2.27. The summed E-state index contributed by atoms with van der Waals surface area (Å²) < 4.78 is 26.9. The summed E-state index contributed by atoms with van der Waals surface area (Å²) >= 11 is 0. The zero-order chi connectivity index (χ0) is 24.9. The summed E-state index contributed by atoms with van der Waals surface area (Å²) in [4.78, 5) is 21.2. The first kappa shape index (κ1) is 23.3. The summed E-state index contributed by atoms with van der Waals surface area (Å²) in [5.41, 5.74) is 3.56. The topological polar surface area (TPSA) is 114 Å². The number of hydrogen-bond donors (Lipinski definition) is 2. The third-order valence-electron chi connectivity index (χ3n) is 4.90. The number of carbonyl (C=O) groups excluding carboxylic acids is 1. The Kier molecular flexibility index (Phi) is 6.99. The van der Waals surface area contributed by atoms with E-state index in [0.717, 1.165) is 22.2 Å². The number of hydrogen-bond acceptors (Lipinski definition) is 7. The van der Waals surface area contributed by atoms with Crippen LogP contribution in [0.15, 0.2) is 24.3 Å². The van der Waals surface area contributed by atoms with Crippen LogP contribution in [0.5, 0.6) is 0 Å². The number of nitrogens with one attached hydrogen (secondary N) is 1. The van der Waals surface area contributed by atoms with Gasteiger partial charge in [-0.15, -0.1) is 0 Å². The van der Waals surface area contributed by atoms with Crippen molar-refractivity contribution in [1.29, 1.82) is 0 Å². The maximum atomic E-state index is 11.9. The molecule has 9 heteroatoms. The first-order chi connectivity index (χ1) is 16.0. The van der Waals surface area contributed by atoms with Crippen LogP contribution in [0.4, 0.5) is 10.6 Å². The molecule has 0 aliphatic carbocycles. The van der Waals surface area contributed by atoms with Gasteiger partial charge in [-0.1, -0.05) is 18.2 Å². The Hall–Kier alpha value is -2.91.